The van der Waals surface area contributed by atoms with Crippen LogP contribution in [0.1, 0.15) is 0 Å². The van der Waals surface area contributed by atoms with Crippen molar-refractivity contribution in [1.82, 2.24) is 0 Å². The smallest absolute Gasteiger partial charge is 0.348 e. The molecule has 0 aliphatic heterocycles. The van der Waals surface area contributed by atoms with Crippen LogP contribution in [0.15, 0.2) is 30.3 Å². The third-order valence-electron chi connectivity index (χ3n) is 1.35. The first-order chi connectivity index (χ1) is 6.24. The Balaban J connectivity index is 2.55. The fourth-order valence-corrected chi connectivity index (χ4v) is 0.732. The van der Waals surface area contributed by atoms with Gasteiger partial charge in [-0.2, -0.15) is 0 Å². The molecular weight excluding hydrogens is 178 g/mol. The zero-order valence-electron chi connectivity index (χ0n) is 6.74. The minimum absolute atomic E-state index is 0.212. The fraction of sp³-hybridized carbons (Fsp3) is 0.222. The normalized spacial score (nSPS) is 12.2. The molecule has 1 rings (SSSR count). The van der Waals surface area contributed by atoms with E-state index in [0.717, 1.165) is 0 Å². The van der Waals surface area contributed by atoms with Gasteiger partial charge in [-0.3, -0.25) is 0 Å². The van der Waals surface area contributed by atoms with Crippen molar-refractivity contribution in [3.05, 3.63) is 30.3 Å². The molecule has 0 amide bonds. The molecule has 4 heteroatoms. The number of hydrogen-bond donors (Lipinski definition) is 0. The van der Waals surface area contributed by atoms with Gasteiger partial charge in [-0.25, -0.2) is 13.6 Å². The summed E-state index contributed by atoms with van der Waals surface area (Å²) in [5.41, 5.74) is 0. The van der Waals surface area contributed by atoms with Crippen LogP contribution in [0.3, 0.4) is 0 Å². The van der Waals surface area contributed by atoms with E-state index in [1.165, 1.54) is 12.1 Å². The molecule has 0 radical (unpaired) electrons. The molecule has 1 aromatic carbocycles. The van der Waals surface area contributed by atoms with E-state index in [0.29, 0.717) is 0 Å². The maximum atomic E-state index is 12.4. The van der Waals surface area contributed by atoms with Gasteiger partial charge < -0.3 is 4.74 Å². The number of carbonyl (C=O) groups is 1. The van der Waals surface area contributed by atoms with Gasteiger partial charge in [0.05, 0.1) is 0 Å². The summed E-state index contributed by atoms with van der Waals surface area (Å²) in [6, 6.07) is 7.96. The van der Waals surface area contributed by atoms with Crippen LogP contribution in [0.2, 0.25) is 0 Å². The van der Waals surface area contributed by atoms with Crippen LogP contribution in [0.25, 0.3) is 0 Å². The molecule has 0 spiro atoms. The Bertz CT molecular complexity index is 274. The first-order valence-electron chi connectivity index (χ1n) is 3.71. The second-order valence-electron chi connectivity index (χ2n) is 2.36. The van der Waals surface area contributed by atoms with Crippen LogP contribution < -0.4 is 4.74 Å². The van der Waals surface area contributed by atoms with E-state index < -0.39 is 18.8 Å². The maximum absolute atomic E-state index is 12.4. The van der Waals surface area contributed by atoms with Gasteiger partial charge >= 0.3 is 5.97 Å². The van der Waals surface area contributed by atoms with Gasteiger partial charge in [-0.15, -0.1) is 0 Å². The first kappa shape index (κ1) is 9.64. The Kier molecular flexibility index (Phi) is 3.37. The highest BCUT2D eigenvalue weighted by Crippen LogP contribution is 2.10. The molecule has 70 valence electrons. The predicted octanol–water partition coefficient (Wildman–Crippen LogP) is 1.90. The summed E-state index contributed by atoms with van der Waals surface area (Å²) in [6.07, 6.45) is -2.19. The van der Waals surface area contributed by atoms with Crippen LogP contribution >= 0.6 is 0 Å². The van der Waals surface area contributed by atoms with Gasteiger partial charge in [0.15, 0.2) is 0 Å². The van der Waals surface area contributed by atoms with Crippen molar-refractivity contribution < 1.29 is 18.3 Å². The number of carbonyl (C=O) groups excluding carboxylic acids is 1. The van der Waals surface area contributed by atoms with E-state index >= 15 is 0 Å². The summed E-state index contributed by atoms with van der Waals surface area (Å²) < 4.78 is 28.5. The Morgan fingerprint density at radius 2 is 2.00 bits per heavy atom. The van der Waals surface area contributed by atoms with Crippen molar-refractivity contribution in [1.29, 1.82) is 0 Å². The van der Waals surface area contributed by atoms with E-state index in [-0.39, 0.29) is 5.75 Å². The molecule has 2 nitrogen and oxygen atoms in total. The van der Waals surface area contributed by atoms with Gasteiger partial charge in [0.25, 0.3) is 0 Å². The summed E-state index contributed by atoms with van der Waals surface area (Å²) >= 11 is 0. The van der Waals surface area contributed by atoms with Crippen LogP contribution in [0.5, 0.6) is 5.75 Å². The second kappa shape index (κ2) is 4.54. The minimum atomic E-state index is -2.19. The highest BCUT2D eigenvalue weighted by molar-refractivity contribution is 5.77. The van der Waals surface area contributed by atoms with Crippen molar-refractivity contribution in [3.8, 4) is 5.75 Å². The van der Waals surface area contributed by atoms with Crippen LogP contribution in [0.4, 0.5) is 8.78 Å². The molecule has 0 saturated heterocycles. The number of para-hydroxylation sites is 1. The first-order valence-corrected chi connectivity index (χ1v) is 3.71. The summed E-state index contributed by atoms with van der Waals surface area (Å²) in [5.74, 6) is -0.989. The molecule has 0 aromatic heterocycles. The Labute approximate surface area is 74.1 Å². The molecule has 0 heterocycles. The van der Waals surface area contributed by atoms with Crippen molar-refractivity contribution in [2.45, 2.75) is 6.17 Å². The molecule has 1 unspecified atom stereocenters. The molecule has 0 bridgehead atoms. The summed E-state index contributed by atoms with van der Waals surface area (Å²) in [7, 11) is 0. The number of rotatable bonds is 3. The predicted molar refractivity (Wildman–Crippen MR) is 42.9 cm³/mol. The summed E-state index contributed by atoms with van der Waals surface area (Å²) in [4.78, 5) is 10.7. The van der Waals surface area contributed by atoms with Crippen molar-refractivity contribution >= 4 is 5.97 Å². The molecule has 0 saturated carbocycles. The van der Waals surface area contributed by atoms with Gasteiger partial charge in [0, 0.05) is 0 Å². The molecule has 13 heavy (non-hydrogen) atoms. The van der Waals surface area contributed by atoms with Crippen molar-refractivity contribution in [2.75, 3.05) is 6.67 Å². The second-order valence-corrected chi connectivity index (χ2v) is 2.36. The Morgan fingerprint density at radius 1 is 1.38 bits per heavy atom. The minimum Gasteiger partial charge on any atom is -0.424 e. The molecule has 0 aliphatic rings. The van der Waals surface area contributed by atoms with Gasteiger partial charge in [-0.1, -0.05) is 18.2 Å². The number of esters is 1. The van der Waals surface area contributed by atoms with Gasteiger partial charge in [0.1, 0.15) is 12.4 Å². The van der Waals surface area contributed by atoms with Crippen LogP contribution in [-0.4, -0.2) is 18.8 Å². The van der Waals surface area contributed by atoms with Crippen LogP contribution in [0, 0.1) is 0 Å². The van der Waals surface area contributed by atoms with E-state index in [9.17, 15) is 13.6 Å². The molecule has 0 N–H and O–H groups in total. The lowest BCUT2D eigenvalue weighted by Crippen LogP contribution is -2.23. The molecule has 0 aliphatic carbocycles. The van der Waals surface area contributed by atoms with Gasteiger partial charge in [-0.05, 0) is 12.1 Å². The van der Waals surface area contributed by atoms with E-state index in [1.54, 1.807) is 18.2 Å². The van der Waals surface area contributed by atoms with Crippen molar-refractivity contribution in [3.63, 3.8) is 0 Å². The Morgan fingerprint density at radius 3 is 2.54 bits per heavy atom. The lowest BCUT2D eigenvalue weighted by molar-refractivity contribution is -0.140. The van der Waals surface area contributed by atoms with Gasteiger partial charge in [0.2, 0.25) is 6.17 Å². The highest BCUT2D eigenvalue weighted by Gasteiger charge is 2.18. The third kappa shape index (κ3) is 2.82. The largest absolute Gasteiger partial charge is 0.424 e. The average Bonchev–Trinajstić information content (AvgIpc) is 2.18. The number of benzene rings is 1. The van der Waals surface area contributed by atoms with E-state index in [1.807, 2.05) is 0 Å². The monoisotopic (exact) mass is 186 g/mol. The zero-order valence-corrected chi connectivity index (χ0v) is 6.74. The van der Waals surface area contributed by atoms with Crippen LogP contribution in [-0.2, 0) is 4.79 Å². The van der Waals surface area contributed by atoms with E-state index in [2.05, 4.69) is 4.74 Å². The molecule has 0 fully saturated rings. The average molecular weight is 186 g/mol. The highest BCUT2D eigenvalue weighted by atomic mass is 19.2. The topological polar surface area (TPSA) is 26.3 Å². The lowest BCUT2D eigenvalue weighted by atomic mass is 10.3. The zero-order chi connectivity index (χ0) is 9.68. The fourth-order valence-electron chi connectivity index (χ4n) is 0.732. The van der Waals surface area contributed by atoms with Crippen molar-refractivity contribution in [2.24, 2.45) is 0 Å². The SMILES string of the molecule is O=C(Oc1ccccc1)C(F)CF. The number of alkyl halides is 2. The lowest BCUT2D eigenvalue weighted by Gasteiger charge is -2.04. The number of ether oxygens (including phenoxy) is 1. The maximum Gasteiger partial charge on any atom is 0.348 e. The quantitative estimate of drug-likeness (QED) is 0.532. The molecule has 1 atom stereocenters. The third-order valence-corrected chi connectivity index (χ3v) is 1.35. The standard InChI is InChI=1S/C9H8F2O2/c10-6-8(11)9(12)13-7-4-2-1-3-5-7/h1-5,8H,6H2. The van der Waals surface area contributed by atoms with E-state index in [4.69, 9.17) is 0 Å². The number of hydrogen-bond acceptors (Lipinski definition) is 2. The Hall–Kier alpha value is -1.45. The molecule has 1 aromatic rings. The molecular formula is C9H8F2O2. The summed E-state index contributed by atoms with van der Waals surface area (Å²) in [5, 5.41) is 0. The number of halogens is 2. The summed E-state index contributed by atoms with van der Waals surface area (Å²) in [6.45, 7) is -1.36.